The van der Waals surface area contributed by atoms with Crippen molar-refractivity contribution < 1.29 is 23.5 Å². The number of ether oxygens (including phenoxy) is 2. The van der Waals surface area contributed by atoms with Crippen molar-refractivity contribution in [3.63, 3.8) is 0 Å². The van der Waals surface area contributed by atoms with E-state index in [4.69, 9.17) is 13.9 Å². The first kappa shape index (κ1) is 24.6. The summed E-state index contributed by atoms with van der Waals surface area (Å²) in [6, 6.07) is 21.2. The zero-order chi connectivity index (χ0) is 25.8. The molecule has 0 spiro atoms. The molecule has 8 nitrogen and oxygen atoms in total. The molecule has 1 saturated heterocycles. The lowest BCUT2D eigenvalue weighted by atomic mass is 10.1. The highest BCUT2D eigenvalue weighted by molar-refractivity contribution is 5.98. The number of fused-ring (bicyclic) bond motifs is 1. The van der Waals surface area contributed by atoms with Crippen LogP contribution in [0, 0.1) is 0 Å². The number of benzene rings is 2. The number of amides is 2. The average molecular weight is 502 g/mol. The molecule has 1 aliphatic heterocycles. The molecule has 37 heavy (non-hydrogen) atoms. The number of carbonyl (C=O) groups is 2. The number of carbonyl (C=O) groups excluding carboxylic acids is 2. The van der Waals surface area contributed by atoms with Crippen molar-refractivity contribution in [1.82, 2.24) is 14.4 Å². The second kappa shape index (κ2) is 10.9. The highest BCUT2D eigenvalue weighted by Crippen LogP contribution is 2.25. The highest BCUT2D eigenvalue weighted by atomic mass is 16.5. The quantitative estimate of drug-likeness (QED) is 0.362. The van der Waals surface area contributed by atoms with Gasteiger partial charge in [0.1, 0.15) is 18.1 Å². The lowest BCUT2D eigenvalue weighted by Crippen LogP contribution is -2.56. The summed E-state index contributed by atoms with van der Waals surface area (Å²) in [6.07, 6.45) is 1.63. The maximum absolute atomic E-state index is 13.7. The first-order chi connectivity index (χ1) is 18.0. The Bertz CT molecular complexity index is 1380. The highest BCUT2D eigenvalue weighted by Gasteiger charge is 2.32. The third-order valence-corrected chi connectivity index (χ3v) is 6.77. The smallest absolute Gasteiger partial charge is 0.270 e. The van der Waals surface area contributed by atoms with Crippen LogP contribution in [0.25, 0.3) is 11.1 Å². The van der Waals surface area contributed by atoms with Gasteiger partial charge in [0.25, 0.3) is 5.91 Å². The molecular weight excluding hydrogens is 470 g/mol. The minimum atomic E-state index is -0.115. The molecule has 5 rings (SSSR count). The molecule has 2 aromatic carbocycles. The molecule has 4 aromatic rings. The Morgan fingerprint density at radius 3 is 2.59 bits per heavy atom. The molecule has 0 N–H and O–H groups in total. The molecule has 2 amide bonds. The summed E-state index contributed by atoms with van der Waals surface area (Å²) in [6.45, 7) is 4.23. The summed E-state index contributed by atoms with van der Waals surface area (Å²) >= 11 is 0. The predicted molar refractivity (Wildman–Crippen MR) is 139 cm³/mol. The van der Waals surface area contributed by atoms with E-state index in [0.717, 1.165) is 22.3 Å². The monoisotopic (exact) mass is 501 g/mol. The zero-order valence-electron chi connectivity index (χ0n) is 21.1. The van der Waals surface area contributed by atoms with Gasteiger partial charge in [-0.2, -0.15) is 0 Å². The van der Waals surface area contributed by atoms with Crippen LogP contribution in [-0.2, 0) is 22.7 Å². The Morgan fingerprint density at radius 2 is 1.81 bits per heavy atom. The van der Waals surface area contributed by atoms with Crippen LogP contribution in [0.15, 0.2) is 77.4 Å². The molecule has 0 radical (unpaired) electrons. The van der Waals surface area contributed by atoms with Crippen molar-refractivity contribution >= 4 is 22.9 Å². The van der Waals surface area contributed by atoms with E-state index in [9.17, 15) is 9.59 Å². The van der Waals surface area contributed by atoms with Gasteiger partial charge in [0.05, 0.1) is 26.5 Å². The van der Waals surface area contributed by atoms with Crippen molar-refractivity contribution in [2.75, 3.05) is 33.4 Å². The van der Waals surface area contributed by atoms with Gasteiger partial charge in [0.15, 0.2) is 0 Å². The average Bonchev–Trinajstić information content (AvgIpc) is 3.51. The molecule has 1 fully saturated rings. The van der Waals surface area contributed by atoms with E-state index in [0.29, 0.717) is 44.2 Å². The van der Waals surface area contributed by atoms with Crippen LogP contribution >= 0.6 is 0 Å². The first-order valence-corrected chi connectivity index (χ1v) is 12.4. The lowest BCUT2D eigenvalue weighted by molar-refractivity contribution is -0.140. The standard InChI is InChI=1S/C29H31N3O5/c1-21-17-30(12-13-31(21)27(33)20-36-19-22-7-4-3-5-8-22)28(34)26-16-24-11-14-37-29(24)32(26)18-23-9-6-10-25(15-23)35-2/h3-11,14-16,21H,12-13,17-20H2,1-2H3. The molecular formula is C29H31N3O5. The van der Waals surface area contributed by atoms with Gasteiger partial charge in [-0.3, -0.25) is 9.59 Å². The molecule has 0 aliphatic carbocycles. The van der Waals surface area contributed by atoms with Crippen molar-refractivity contribution in [3.8, 4) is 5.75 Å². The van der Waals surface area contributed by atoms with Gasteiger partial charge >= 0.3 is 0 Å². The minimum absolute atomic E-state index is 0.0208. The summed E-state index contributed by atoms with van der Waals surface area (Å²) in [4.78, 5) is 30.1. The van der Waals surface area contributed by atoms with Gasteiger partial charge in [-0.15, -0.1) is 0 Å². The van der Waals surface area contributed by atoms with Crippen LogP contribution in [-0.4, -0.2) is 65.6 Å². The topological polar surface area (TPSA) is 77.2 Å². The van der Waals surface area contributed by atoms with E-state index < -0.39 is 0 Å². The van der Waals surface area contributed by atoms with Gasteiger partial charge in [0.2, 0.25) is 11.6 Å². The van der Waals surface area contributed by atoms with Crippen molar-refractivity contribution in [2.45, 2.75) is 26.1 Å². The number of methoxy groups -OCH3 is 1. The Hall–Kier alpha value is -4.04. The Labute approximate surface area is 216 Å². The van der Waals surface area contributed by atoms with E-state index in [1.165, 1.54) is 0 Å². The number of furan rings is 1. The fourth-order valence-electron chi connectivity index (χ4n) is 4.85. The molecule has 1 unspecified atom stereocenters. The number of hydrogen-bond acceptors (Lipinski definition) is 5. The van der Waals surface area contributed by atoms with Crippen LogP contribution < -0.4 is 4.74 Å². The third-order valence-electron chi connectivity index (χ3n) is 6.77. The van der Waals surface area contributed by atoms with E-state index in [1.807, 2.05) is 83.1 Å². The Kier molecular flexibility index (Phi) is 7.28. The van der Waals surface area contributed by atoms with E-state index >= 15 is 0 Å². The van der Waals surface area contributed by atoms with Gasteiger partial charge in [-0.1, -0.05) is 42.5 Å². The molecule has 1 atom stereocenters. The second-order valence-electron chi connectivity index (χ2n) is 9.31. The summed E-state index contributed by atoms with van der Waals surface area (Å²) < 4.78 is 18.6. The van der Waals surface area contributed by atoms with Gasteiger partial charge in [-0.25, -0.2) is 0 Å². The van der Waals surface area contributed by atoms with Crippen molar-refractivity contribution in [3.05, 3.63) is 89.8 Å². The summed E-state index contributed by atoms with van der Waals surface area (Å²) in [5.74, 6) is 0.624. The Morgan fingerprint density at radius 1 is 1.00 bits per heavy atom. The molecule has 2 aromatic heterocycles. The first-order valence-electron chi connectivity index (χ1n) is 12.4. The fourth-order valence-corrected chi connectivity index (χ4v) is 4.85. The van der Waals surface area contributed by atoms with E-state index in [1.54, 1.807) is 18.3 Å². The summed E-state index contributed by atoms with van der Waals surface area (Å²) in [5, 5.41) is 0.878. The Balaban J connectivity index is 1.25. The van der Waals surface area contributed by atoms with Crippen LogP contribution in [0.4, 0.5) is 0 Å². The fraction of sp³-hybridized carbons (Fsp3) is 0.310. The van der Waals surface area contributed by atoms with E-state index in [-0.39, 0.29) is 24.5 Å². The minimum Gasteiger partial charge on any atom is -0.497 e. The lowest BCUT2D eigenvalue weighted by Gasteiger charge is -2.39. The number of rotatable bonds is 8. The van der Waals surface area contributed by atoms with Gasteiger partial charge in [-0.05, 0) is 42.3 Å². The van der Waals surface area contributed by atoms with Crippen molar-refractivity contribution in [2.24, 2.45) is 0 Å². The van der Waals surface area contributed by atoms with Crippen LogP contribution in [0.5, 0.6) is 5.75 Å². The van der Waals surface area contributed by atoms with Crippen LogP contribution in [0.3, 0.4) is 0 Å². The molecule has 0 saturated carbocycles. The molecule has 3 heterocycles. The molecule has 1 aliphatic rings. The number of aromatic nitrogens is 1. The molecule has 0 bridgehead atoms. The predicted octanol–water partition coefficient (Wildman–Crippen LogP) is 4.18. The summed E-state index contributed by atoms with van der Waals surface area (Å²) in [7, 11) is 1.63. The molecule has 192 valence electrons. The number of piperazine rings is 1. The third kappa shape index (κ3) is 5.39. The maximum atomic E-state index is 13.7. The second-order valence-corrected chi connectivity index (χ2v) is 9.31. The molecule has 8 heteroatoms. The normalized spacial score (nSPS) is 15.8. The number of hydrogen-bond donors (Lipinski definition) is 0. The maximum Gasteiger partial charge on any atom is 0.270 e. The van der Waals surface area contributed by atoms with Crippen LogP contribution in [0.1, 0.15) is 28.5 Å². The number of nitrogens with zero attached hydrogens (tertiary/aromatic N) is 3. The van der Waals surface area contributed by atoms with Crippen molar-refractivity contribution in [1.29, 1.82) is 0 Å². The SMILES string of the molecule is COc1cccc(Cn2c(C(=O)N3CCN(C(=O)COCc4ccccc4)C(C)C3)cc3ccoc32)c1. The van der Waals surface area contributed by atoms with Gasteiger partial charge < -0.3 is 28.3 Å². The van der Waals surface area contributed by atoms with Crippen LogP contribution in [0.2, 0.25) is 0 Å². The van der Waals surface area contributed by atoms with Gasteiger partial charge in [0, 0.05) is 31.1 Å². The largest absolute Gasteiger partial charge is 0.497 e. The summed E-state index contributed by atoms with van der Waals surface area (Å²) in [5.41, 5.74) is 3.25. The zero-order valence-corrected chi connectivity index (χ0v) is 21.1. The van der Waals surface area contributed by atoms with E-state index in [2.05, 4.69) is 0 Å².